The van der Waals surface area contributed by atoms with Crippen LogP contribution in [-0.2, 0) is 6.54 Å². The van der Waals surface area contributed by atoms with E-state index in [1.165, 1.54) is 12.3 Å². The van der Waals surface area contributed by atoms with Gasteiger partial charge in [0.15, 0.2) is 11.6 Å². The second-order valence-electron chi connectivity index (χ2n) is 4.95. The van der Waals surface area contributed by atoms with Crippen LogP contribution in [0, 0.1) is 11.6 Å². The van der Waals surface area contributed by atoms with Gasteiger partial charge in [-0.15, -0.1) is 0 Å². The van der Waals surface area contributed by atoms with Crippen molar-refractivity contribution < 1.29 is 18.0 Å². The molecule has 24 heavy (non-hydrogen) atoms. The van der Waals surface area contributed by atoms with Crippen molar-refractivity contribution in [2.75, 3.05) is 10.6 Å². The Morgan fingerprint density at radius 2 is 1.96 bits per heavy atom. The van der Waals surface area contributed by atoms with Gasteiger partial charge in [-0.1, -0.05) is 0 Å². The van der Waals surface area contributed by atoms with Crippen molar-refractivity contribution in [2.45, 2.75) is 6.54 Å². The second kappa shape index (κ2) is 6.91. The number of furan rings is 1. The molecule has 3 aromatic rings. The topological polar surface area (TPSA) is 67.2 Å². The molecule has 0 fully saturated rings. The Kier molecular flexibility index (Phi) is 4.51. The highest BCUT2D eigenvalue weighted by Gasteiger charge is 2.10. The molecule has 2 N–H and O–H groups in total. The van der Waals surface area contributed by atoms with Gasteiger partial charge in [0.1, 0.15) is 11.5 Å². The van der Waals surface area contributed by atoms with Gasteiger partial charge in [0.2, 0.25) is 0 Å². The van der Waals surface area contributed by atoms with Gasteiger partial charge < -0.3 is 15.1 Å². The second-order valence-corrected chi connectivity index (χ2v) is 4.95. The molecule has 2 aromatic heterocycles. The van der Waals surface area contributed by atoms with Crippen molar-refractivity contribution in [1.82, 2.24) is 4.98 Å². The summed E-state index contributed by atoms with van der Waals surface area (Å²) in [6.45, 7) is 0.460. The number of halogens is 2. The number of carbonyl (C=O) groups is 1. The van der Waals surface area contributed by atoms with Crippen LogP contribution >= 0.6 is 0 Å². The van der Waals surface area contributed by atoms with Crippen molar-refractivity contribution in [3.63, 3.8) is 0 Å². The number of pyridine rings is 1. The SMILES string of the molecule is O=C(Nc1ccc(F)c(F)c1)c1cc(NCc2ccco2)ccn1. The van der Waals surface area contributed by atoms with E-state index in [1.807, 2.05) is 6.07 Å². The summed E-state index contributed by atoms with van der Waals surface area (Å²) < 4.78 is 31.3. The van der Waals surface area contributed by atoms with Crippen LogP contribution in [0.1, 0.15) is 16.2 Å². The van der Waals surface area contributed by atoms with E-state index < -0.39 is 17.5 Å². The van der Waals surface area contributed by atoms with E-state index in [9.17, 15) is 13.6 Å². The fraction of sp³-hybridized carbons (Fsp3) is 0.0588. The lowest BCUT2D eigenvalue weighted by atomic mass is 10.2. The van der Waals surface area contributed by atoms with E-state index in [0.717, 1.165) is 17.9 Å². The number of aromatic nitrogens is 1. The van der Waals surface area contributed by atoms with Crippen LogP contribution in [0.4, 0.5) is 20.2 Å². The molecule has 0 unspecified atom stereocenters. The molecule has 0 spiro atoms. The quantitative estimate of drug-likeness (QED) is 0.747. The monoisotopic (exact) mass is 329 g/mol. The Balaban J connectivity index is 1.68. The normalized spacial score (nSPS) is 10.4. The first kappa shape index (κ1) is 15.7. The van der Waals surface area contributed by atoms with Gasteiger partial charge in [-0.05, 0) is 36.4 Å². The third-order valence-corrected chi connectivity index (χ3v) is 3.22. The standard InChI is InChI=1S/C17H13F2N3O2/c18-14-4-3-12(8-15(14)19)22-17(23)16-9-11(5-6-20-16)21-10-13-2-1-7-24-13/h1-9H,10H2,(H,20,21)(H,22,23). The number of rotatable bonds is 5. The zero-order valence-electron chi connectivity index (χ0n) is 12.4. The van der Waals surface area contributed by atoms with Crippen molar-refractivity contribution >= 4 is 17.3 Å². The van der Waals surface area contributed by atoms with Crippen molar-refractivity contribution in [3.8, 4) is 0 Å². The van der Waals surface area contributed by atoms with Gasteiger partial charge in [0, 0.05) is 23.6 Å². The molecule has 2 heterocycles. The maximum absolute atomic E-state index is 13.2. The Hall–Kier alpha value is -3.22. The third-order valence-electron chi connectivity index (χ3n) is 3.22. The molecule has 0 aliphatic rings. The fourth-order valence-electron chi connectivity index (χ4n) is 2.04. The lowest BCUT2D eigenvalue weighted by molar-refractivity contribution is 0.102. The van der Waals surface area contributed by atoms with E-state index in [-0.39, 0.29) is 11.4 Å². The Bertz CT molecular complexity index is 851. The zero-order chi connectivity index (χ0) is 16.9. The lowest BCUT2D eigenvalue weighted by Crippen LogP contribution is -2.14. The third kappa shape index (κ3) is 3.75. The van der Waals surface area contributed by atoms with Crippen molar-refractivity contribution in [2.24, 2.45) is 0 Å². The lowest BCUT2D eigenvalue weighted by Gasteiger charge is -2.08. The molecule has 1 aromatic carbocycles. The summed E-state index contributed by atoms with van der Waals surface area (Å²) in [7, 11) is 0. The summed E-state index contributed by atoms with van der Waals surface area (Å²) in [6, 6.07) is 9.99. The molecular formula is C17H13F2N3O2. The summed E-state index contributed by atoms with van der Waals surface area (Å²) in [5, 5.41) is 5.57. The molecule has 0 saturated heterocycles. The average Bonchev–Trinajstić information content (AvgIpc) is 3.10. The molecule has 1 amide bonds. The van der Waals surface area contributed by atoms with Gasteiger partial charge in [-0.25, -0.2) is 8.78 Å². The van der Waals surface area contributed by atoms with Gasteiger partial charge in [0.05, 0.1) is 12.8 Å². The molecule has 122 valence electrons. The summed E-state index contributed by atoms with van der Waals surface area (Å²) in [6.07, 6.45) is 3.05. The largest absolute Gasteiger partial charge is 0.467 e. The number of anilines is 2. The number of nitrogens with one attached hydrogen (secondary N) is 2. The number of hydrogen-bond acceptors (Lipinski definition) is 4. The number of amides is 1. The molecule has 0 saturated carbocycles. The van der Waals surface area contributed by atoms with Crippen LogP contribution in [0.15, 0.2) is 59.3 Å². The number of carbonyl (C=O) groups excluding carboxylic acids is 1. The van der Waals surface area contributed by atoms with E-state index in [0.29, 0.717) is 12.2 Å². The molecular weight excluding hydrogens is 316 g/mol. The maximum Gasteiger partial charge on any atom is 0.274 e. The van der Waals surface area contributed by atoms with Crippen LogP contribution in [0.2, 0.25) is 0 Å². The Labute approximate surface area is 136 Å². The van der Waals surface area contributed by atoms with Crippen LogP contribution in [-0.4, -0.2) is 10.9 Å². The van der Waals surface area contributed by atoms with E-state index in [2.05, 4.69) is 15.6 Å². The first-order valence-corrected chi connectivity index (χ1v) is 7.10. The number of hydrogen-bond donors (Lipinski definition) is 2. The minimum absolute atomic E-state index is 0.143. The van der Waals surface area contributed by atoms with Crippen LogP contribution < -0.4 is 10.6 Å². The van der Waals surface area contributed by atoms with Crippen LogP contribution in [0.5, 0.6) is 0 Å². The number of benzene rings is 1. The van der Waals surface area contributed by atoms with Gasteiger partial charge in [0.25, 0.3) is 5.91 Å². The summed E-state index contributed by atoms with van der Waals surface area (Å²) in [5.74, 6) is -1.79. The minimum atomic E-state index is -1.03. The van der Waals surface area contributed by atoms with Gasteiger partial charge in [-0.3, -0.25) is 9.78 Å². The van der Waals surface area contributed by atoms with Crippen molar-refractivity contribution in [3.05, 3.63) is 78.0 Å². The van der Waals surface area contributed by atoms with E-state index >= 15 is 0 Å². The molecule has 5 nitrogen and oxygen atoms in total. The molecule has 0 aliphatic carbocycles. The smallest absolute Gasteiger partial charge is 0.274 e. The Morgan fingerprint density at radius 3 is 2.71 bits per heavy atom. The van der Waals surface area contributed by atoms with Crippen LogP contribution in [0.25, 0.3) is 0 Å². The molecule has 3 rings (SSSR count). The fourth-order valence-corrected chi connectivity index (χ4v) is 2.04. The van der Waals surface area contributed by atoms with Crippen LogP contribution in [0.3, 0.4) is 0 Å². The highest BCUT2D eigenvalue weighted by atomic mass is 19.2. The molecule has 7 heteroatoms. The predicted molar refractivity (Wildman–Crippen MR) is 84.6 cm³/mol. The van der Waals surface area contributed by atoms with E-state index in [4.69, 9.17) is 4.42 Å². The predicted octanol–water partition coefficient (Wildman–Crippen LogP) is 3.82. The van der Waals surface area contributed by atoms with Gasteiger partial charge >= 0.3 is 0 Å². The van der Waals surface area contributed by atoms with Gasteiger partial charge in [-0.2, -0.15) is 0 Å². The first-order valence-electron chi connectivity index (χ1n) is 7.10. The summed E-state index contributed by atoms with van der Waals surface area (Å²) in [4.78, 5) is 16.1. The molecule has 0 bridgehead atoms. The highest BCUT2D eigenvalue weighted by molar-refractivity contribution is 6.03. The zero-order valence-corrected chi connectivity index (χ0v) is 12.4. The molecule has 0 atom stereocenters. The maximum atomic E-state index is 13.2. The highest BCUT2D eigenvalue weighted by Crippen LogP contribution is 2.15. The first-order chi connectivity index (χ1) is 11.6. The van der Waals surface area contributed by atoms with E-state index in [1.54, 1.807) is 24.5 Å². The minimum Gasteiger partial charge on any atom is -0.467 e. The summed E-state index contributed by atoms with van der Waals surface area (Å²) >= 11 is 0. The van der Waals surface area contributed by atoms with Crippen molar-refractivity contribution in [1.29, 1.82) is 0 Å². The summed E-state index contributed by atoms with van der Waals surface area (Å²) in [5.41, 5.74) is 0.968. The molecule has 0 radical (unpaired) electrons. The average molecular weight is 329 g/mol. The Morgan fingerprint density at radius 1 is 1.08 bits per heavy atom. The molecule has 0 aliphatic heterocycles. The number of nitrogens with zero attached hydrogens (tertiary/aromatic N) is 1.